The summed E-state index contributed by atoms with van der Waals surface area (Å²) in [4.78, 5) is 40.1. The number of rotatable bonds is 5. The lowest BCUT2D eigenvalue weighted by atomic mass is 10.1. The van der Waals surface area contributed by atoms with Crippen molar-refractivity contribution in [2.45, 2.75) is 38.0 Å². The second kappa shape index (κ2) is 8.57. The van der Waals surface area contributed by atoms with E-state index in [1.807, 2.05) is 35.2 Å². The Morgan fingerprint density at radius 3 is 2.72 bits per heavy atom. The first-order chi connectivity index (χ1) is 14.1. The SMILES string of the molecule is O=C(CCc1ccc(=O)[nH]n1)N1C[C@@H]2OCCC(=O)N(Cc3ccccc3)[C@H]2C1. The summed E-state index contributed by atoms with van der Waals surface area (Å²) in [6.45, 7) is 1.87. The molecule has 2 atom stereocenters. The van der Waals surface area contributed by atoms with Gasteiger partial charge in [-0.05, 0) is 11.6 Å². The Balaban J connectivity index is 1.41. The van der Waals surface area contributed by atoms with Crippen molar-refractivity contribution in [1.82, 2.24) is 20.0 Å². The van der Waals surface area contributed by atoms with Crippen molar-refractivity contribution in [3.8, 4) is 0 Å². The molecule has 0 radical (unpaired) electrons. The number of hydrogen-bond acceptors (Lipinski definition) is 5. The summed E-state index contributed by atoms with van der Waals surface area (Å²) in [6, 6.07) is 12.8. The third kappa shape index (κ3) is 4.54. The molecule has 2 amide bonds. The van der Waals surface area contributed by atoms with Gasteiger partial charge in [0.2, 0.25) is 11.8 Å². The minimum Gasteiger partial charge on any atom is -0.374 e. The highest BCUT2D eigenvalue weighted by molar-refractivity contribution is 5.79. The Bertz CT molecular complexity index is 909. The van der Waals surface area contributed by atoms with Crippen molar-refractivity contribution in [3.63, 3.8) is 0 Å². The molecule has 0 saturated carbocycles. The maximum absolute atomic E-state index is 12.7. The van der Waals surface area contributed by atoms with E-state index in [0.29, 0.717) is 51.2 Å². The smallest absolute Gasteiger partial charge is 0.264 e. The summed E-state index contributed by atoms with van der Waals surface area (Å²) >= 11 is 0. The van der Waals surface area contributed by atoms with Gasteiger partial charge in [-0.25, -0.2) is 5.10 Å². The first kappa shape index (κ1) is 19.3. The fourth-order valence-electron chi connectivity index (χ4n) is 3.94. The number of likely N-dealkylation sites (tertiary alicyclic amines) is 1. The van der Waals surface area contributed by atoms with Crippen LogP contribution in [0.15, 0.2) is 47.3 Å². The molecule has 2 aliphatic heterocycles. The highest BCUT2D eigenvalue weighted by Crippen LogP contribution is 2.25. The molecule has 1 aromatic heterocycles. The van der Waals surface area contributed by atoms with Crippen LogP contribution in [0.4, 0.5) is 0 Å². The van der Waals surface area contributed by atoms with Gasteiger partial charge in [0.1, 0.15) is 0 Å². The van der Waals surface area contributed by atoms with Gasteiger partial charge in [0.05, 0.1) is 30.9 Å². The Labute approximate surface area is 168 Å². The summed E-state index contributed by atoms with van der Waals surface area (Å²) in [6.07, 6.45) is 0.950. The molecular formula is C21H24N4O4. The molecule has 0 spiro atoms. The fourth-order valence-corrected chi connectivity index (χ4v) is 3.94. The molecule has 2 aliphatic rings. The second-order valence-electron chi connectivity index (χ2n) is 7.45. The molecule has 0 bridgehead atoms. The van der Waals surface area contributed by atoms with E-state index in [0.717, 1.165) is 5.56 Å². The molecular weight excluding hydrogens is 372 g/mol. The third-order valence-corrected chi connectivity index (χ3v) is 5.49. The number of carbonyl (C=O) groups excluding carboxylic acids is 2. The predicted molar refractivity (Wildman–Crippen MR) is 105 cm³/mol. The average molecular weight is 396 g/mol. The van der Waals surface area contributed by atoms with E-state index in [1.54, 1.807) is 11.0 Å². The quantitative estimate of drug-likeness (QED) is 0.804. The largest absolute Gasteiger partial charge is 0.374 e. The van der Waals surface area contributed by atoms with Gasteiger partial charge in [-0.15, -0.1) is 0 Å². The molecule has 2 saturated heterocycles. The molecule has 2 fully saturated rings. The number of hydrogen-bond donors (Lipinski definition) is 1. The monoisotopic (exact) mass is 396 g/mol. The number of aryl methyl sites for hydroxylation is 1. The van der Waals surface area contributed by atoms with E-state index in [9.17, 15) is 14.4 Å². The number of benzene rings is 1. The van der Waals surface area contributed by atoms with Crippen LogP contribution in [0.25, 0.3) is 0 Å². The van der Waals surface area contributed by atoms with Crippen molar-refractivity contribution in [3.05, 3.63) is 64.1 Å². The van der Waals surface area contributed by atoms with Crippen LogP contribution in [-0.4, -0.2) is 63.7 Å². The highest BCUT2D eigenvalue weighted by atomic mass is 16.5. The number of aromatic amines is 1. The van der Waals surface area contributed by atoms with Crippen molar-refractivity contribution < 1.29 is 14.3 Å². The number of aromatic nitrogens is 2. The fraction of sp³-hybridized carbons (Fsp3) is 0.429. The molecule has 4 rings (SSSR count). The summed E-state index contributed by atoms with van der Waals surface area (Å²) in [5, 5.41) is 6.32. The standard InChI is InChI=1S/C21H24N4O4/c26-19-8-6-16(22-23-19)7-9-20(27)24-13-17-18(14-24)29-11-10-21(28)25(17)12-15-4-2-1-3-5-15/h1-6,8,17-18H,7,9-14H2,(H,23,26)/t17-,18-/m0/s1. The van der Waals surface area contributed by atoms with Crippen LogP contribution in [0.1, 0.15) is 24.1 Å². The maximum atomic E-state index is 12.7. The van der Waals surface area contributed by atoms with Gasteiger partial charge in [0.15, 0.2) is 0 Å². The van der Waals surface area contributed by atoms with Gasteiger partial charge >= 0.3 is 0 Å². The molecule has 152 valence electrons. The first-order valence-corrected chi connectivity index (χ1v) is 9.87. The lowest BCUT2D eigenvalue weighted by molar-refractivity contribution is -0.135. The Kier molecular flexibility index (Phi) is 5.71. The predicted octanol–water partition coefficient (Wildman–Crippen LogP) is 0.731. The van der Waals surface area contributed by atoms with E-state index in [1.165, 1.54) is 6.07 Å². The summed E-state index contributed by atoms with van der Waals surface area (Å²) < 4.78 is 5.91. The number of H-pyrrole nitrogens is 1. The molecule has 2 aromatic rings. The number of amides is 2. The molecule has 8 heteroatoms. The van der Waals surface area contributed by atoms with E-state index in [2.05, 4.69) is 10.2 Å². The Hall–Kier alpha value is -3.00. The second-order valence-corrected chi connectivity index (χ2v) is 7.45. The summed E-state index contributed by atoms with van der Waals surface area (Å²) in [7, 11) is 0. The van der Waals surface area contributed by atoms with Gasteiger partial charge in [0, 0.05) is 38.5 Å². The normalized spacial score (nSPS) is 21.7. The van der Waals surface area contributed by atoms with Crippen LogP contribution >= 0.6 is 0 Å². The van der Waals surface area contributed by atoms with E-state index >= 15 is 0 Å². The van der Waals surface area contributed by atoms with Crippen molar-refractivity contribution >= 4 is 11.8 Å². The number of fused-ring (bicyclic) bond motifs is 1. The lowest BCUT2D eigenvalue weighted by Gasteiger charge is -2.29. The van der Waals surface area contributed by atoms with Gasteiger partial charge in [-0.3, -0.25) is 14.4 Å². The maximum Gasteiger partial charge on any atom is 0.264 e. The Morgan fingerprint density at radius 2 is 1.97 bits per heavy atom. The molecule has 8 nitrogen and oxygen atoms in total. The van der Waals surface area contributed by atoms with Crippen LogP contribution < -0.4 is 5.56 Å². The van der Waals surface area contributed by atoms with Crippen molar-refractivity contribution in [1.29, 1.82) is 0 Å². The summed E-state index contributed by atoms with van der Waals surface area (Å²) in [5.74, 6) is 0.0647. The molecule has 0 aliphatic carbocycles. The number of carbonyl (C=O) groups is 2. The zero-order valence-electron chi connectivity index (χ0n) is 16.1. The topological polar surface area (TPSA) is 95.6 Å². The Morgan fingerprint density at radius 1 is 1.14 bits per heavy atom. The number of nitrogens with one attached hydrogen (secondary N) is 1. The summed E-state index contributed by atoms with van der Waals surface area (Å²) in [5.41, 5.74) is 1.47. The van der Waals surface area contributed by atoms with Crippen LogP contribution in [0, 0.1) is 0 Å². The van der Waals surface area contributed by atoms with Crippen LogP contribution in [0.5, 0.6) is 0 Å². The van der Waals surface area contributed by atoms with Crippen molar-refractivity contribution in [2.24, 2.45) is 0 Å². The highest BCUT2D eigenvalue weighted by Gasteiger charge is 2.42. The molecule has 29 heavy (non-hydrogen) atoms. The van der Waals surface area contributed by atoms with E-state index < -0.39 is 0 Å². The molecule has 3 heterocycles. The van der Waals surface area contributed by atoms with Gasteiger partial charge in [-0.1, -0.05) is 30.3 Å². The van der Waals surface area contributed by atoms with Gasteiger partial charge in [-0.2, -0.15) is 5.10 Å². The zero-order valence-corrected chi connectivity index (χ0v) is 16.1. The van der Waals surface area contributed by atoms with Gasteiger partial charge < -0.3 is 14.5 Å². The first-order valence-electron chi connectivity index (χ1n) is 9.87. The number of nitrogens with zero attached hydrogens (tertiary/aromatic N) is 3. The lowest BCUT2D eigenvalue weighted by Crippen LogP contribution is -2.45. The van der Waals surface area contributed by atoms with Crippen LogP contribution in [0.2, 0.25) is 0 Å². The zero-order chi connectivity index (χ0) is 20.2. The molecule has 1 N–H and O–H groups in total. The van der Waals surface area contributed by atoms with Crippen LogP contribution in [-0.2, 0) is 27.3 Å². The van der Waals surface area contributed by atoms with Crippen LogP contribution in [0.3, 0.4) is 0 Å². The minimum absolute atomic E-state index is 0.00165. The number of ether oxygens (including phenoxy) is 1. The molecule has 0 unspecified atom stereocenters. The van der Waals surface area contributed by atoms with Gasteiger partial charge in [0.25, 0.3) is 5.56 Å². The van der Waals surface area contributed by atoms with Crippen molar-refractivity contribution in [2.75, 3.05) is 19.7 Å². The van der Waals surface area contributed by atoms with E-state index in [4.69, 9.17) is 4.74 Å². The van der Waals surface area contributed by atoms with E-state index in [-0.39, 0.29) is 29.5 Å². The third-order valence-electron chi connectivity index (χ3n) is 5.49. The minimum atomic E-state index is -0.264. The average Bonchev–Trinajstić information content (AvgIpc) is 3.10. The molecule has 1 aromatic carbocycles.